The first-order valence-corrected chi connectivity index (χ1v) is 19.2. The van der Waals surface area contributed by atoms with Gasteiger partial charge in [0.05, 0.1) is 42.5 Å². The molecule has 3 aromatic heterocycles. The van der Waals surface area contributed by atoms with E-state index in [4.69, 9.17) is 19.9 Å². The molecule has 3 heterocycles. The lowest BCUT2D eigenvalue weighted by molar-refractivity contribution is -0.384. The molecule has 3 amide bonds. The molecule has 330 valence electrons. The number of carbonyl (C=O) groups is 4. The lowest BCUT2D eigenvalue weighted by Gasteiger charge is -2.19. The third-order valence-electron chi connectivity index (χ3n) is 8.43. The largest absolute Gasteiger partial charge is 0.494 e. The number of allylic oxidation sites excluding steroid dienone is 2. The molecule has 0 bridgehead atoms. The SMILES string of the molecule is CCn1nc(C)cc1C(=O)Nc1nc2cc(C=O)cc(OC)c2n1C/C=C/CNc1c(OC/C=C/Cn2ncc(CNC(=O)OC(C)(C)C)n2)cc(C(N)=O)cc1[N+](=O)[O-].CN. The van der Waals surface area contributed by atoms with Gasteiger partial charge in [0.25, 0.3) is 11.6 Å². The summed E-state index contributed by atoms with van der Waals surface area (Å²) < 4.78 is 20.0. The van der Waals surface area contributed by atoms with Gasteiger partial charge in [-0.2, -0.15) is 20.1 Å². The van der Waals surface area contributed by atoms with Crippen molar-refractivity contribution >= 4 is 52.6 Å². The molecule has 22 nitrogen and oxygen atoms in total. The average molecular weight is 858 g/mol. The van der Waals surface area contributed by atoms with Crippen LogP contribution in [0.4, 0.5) is 22.1 Å². The van der Waals surface area contributed by atoms with Crippen LogP contribution in [0.5, 0.6) is 11.5 Å². The van der Waals surface area contributed by atoms with E-state index in [0.717, 1.165) is 6.07 Å². The number of anilines is 2. The van der Waals surface area contributed by atoms with Crippen LogP contribution in [0, 0.1) is 17.0 Å². The highest BCUT2D eigenvalue weighted by Gasteiger charge is 2.23. The fourth-order valence-corrected chi connectivity index (χ4v) is 5.84. The Kier molecular flexibility index (Phi) is 16.4. The highest BCUT2D eigenvalue weighted by molar-refractivity contribution is 6.03. The van der Waals surface area contributed by atoms with Gasteiger partial charge in [0, 0.05) is 36.8 Å². The second-order valence-corrected chi connectivity index (χ2v) is 14.1. The average Bonchev–Trinajstić information content (AvgIpc) is 3.95. The first-order valence-electron chi connectivity index (χ1n) is 19.2. The van der Waals surface area contributed by atoms with Crippen LogP contribution in [0.25, 0.3) is 11.0 Å². The zero-order valence-electron chi connectivity index (χ0n) is 35.5. The molecule has 5 rings (SSSR count). The zero-order valence-corrected chi connectivity index (χ0v) is 35.5. The normalized spacial score (nSPS) is 11.3. The number of imidazole rings is 1. The van der Waals surface area contributed by atoms with Crippen molar-refractivity contribution in [2.24, 2.45) is 11.5 Å². The minimum atomic E-state index is -0.882. The van der Waals surface area contributed by atoms with Crippen molar-refractivity contribution in [1.82, 2.24) is 39.6 Å². The number of nitro benzene ring substituents is 1. The van der Waals surface area contributed by atoms with Crippen LogP contribution in [0.1, 0.15) is 70.3 Å². The number of carbonyl (C=O) groups excluding carboxylic acids is 4. The van der Waals surface area contributed by atoms with E-state index < -0.39 is 34.1 Å². The first-order chi connectivity index (χ1) is 29.6. The fourth-order valence-electron chi connectivity index (χ4n) is 5.84. The molecule has 2 aromatic carbocycles. The van der Waals surface area contributed by atoms with Crippen LogP contribution in [0.15, 0.2) is 60.8 Å². The molecular formula is C40H51N13O9. The number of rotatable bonds is 19. The van der Waals surface area contributed by atoms with Crippen LogP contribution >= 0.6 is 0 Å². The first kappa shape index (κ1) is 47.1. The maximum Gasteiger partial charge on any atom is 0.407 e. The summed E-state index contributed by atoms with van der Waals surface area (Å²) in [6, 6.07) is 7.18. The number of aryl methyl sites for hydroxylation is 2. The maximum absolute atomic E-state index is 13.4. The van der Waals surface area contributed by atoms with Gasteiger partial charge in [-0.3, -0.25) is 34.5 Å². The van der Waals surface area contributed by atoms with E-state index in [-0.39, 0.29) is 55.7 Å². The van der Waals surface area contributed by atoms with Crippen molar-refractivity contribution in [1.29, 1.82) is 0 Å². The Morgan fingerprint density at radius 2 is 1.74 bits per heavy atom. The van der Waals surface area contributed by atoms with E-state index in [1.165, 1.54) is 31.2 Å². The molecule has 5 aromatic rings. The minimum absolute atomic E-state index is 0.00541. The molecule has 0 unspecified atom stereocenters. The lowest BCUT2D eigenvalue weighted by Crippen LogP contribution is -2.32. The van der Waals surface area contributed by atoms with E-state index >= 15 is 0 Å². The Bertz CT molecular complexity index is 2460. The summed E-state index contributed by atoms with van der Waals surface area (Å²) in [7, 11) is 2.95. The molecule has 62 heavy (non-hydrogen) atoms. The molecule has 0 aliphatic heterocycles. The number of fused-ring (bicyclic) bond motifs is 1. The fraction of sp³-hybridized carbons (Fsp3) is 0.350. The van der Waals surface area contributed by atoms with E-state index in [9.17, 15) is 29.3 Å². The number of nitrogens with zero attached hydrogens (tertiary/aromatic N) is 8. The number of hydrogen-bond donors (Lipinski definition) is 5. The van der Waals surface area contributed by atoms with Crippen molar-refractivity contribution in [2.45, 2.75) is 66.4 Å². The summed E-state index contributed by atoms with van der Waals surface area (Å²) in [5, 5.41) is 33.5. The van der Waals surface area contributed by atoms with Gasteiger partial charge in [0.1, 0.15) is 41.1 Å². The number of primary amides is 1. The number of nitro groups is 1. The van der Waals surface area contributed by atoms with Gasteiger partial charge < -0.3 is 40.9 Å². The number of aldehydes is 1. The van der Waals surface area contributed by atoms with Gasteiger partial charge in [0.15, 0.2) is 11.4 Å². The predicted octanol–water partition coefficient (Wildman–Crippen LogP) is 4.14. The molecule has 0 radical (unpaired) electrons. The number of alkyl carbamates (subject to hydrolysis) is 1. The topological polar surface area (TPSA) is 294 Å². The summed E-state index contributed by atoms with van der Waals surface area (Å²) in [6.07, 6.45) is 8.38. The number of benzene rings is 2. The third-order valence-corrected chi connectivity index (χ3v) is 8.43. The summed E-state index contributed by atoms with van der Waals surface area (Å²) in [5.41, 5.74) is 11.5. The highest BCUT2D eigenvalue weighted by atomic mass is 16.6. The molecule has 0 spiro atoms. The van der Waals surface area contributed by atoms with Gasteiger partial charge in [-0.15, -0.1) is 0 Å². The molecule has 22 heteroatoms. The summed E-state index contributed by atoms with van der Waals surface area (Å²) in [6.45, 7) is 9.93. The minimum Gasteiger partial charge on any atom is -0.494 e. The summed E-state index contributed by atoms with van der Waals surface area (Å²) in [5.74, 6) is -0.794. The van der Waals surface area contributed by atoms with Crippen molar-refractivity contribution < 1.29 is 38.3 Å². The molecule has 0 atom stereocenters. The molecule has 0 fully saturated rings. The van der Waals surface area contributed by atoms with Gasteiger partial charge in [-0.05, 0) is 72.0 Å². The molecular weight excluding hydrogens is 807 g/mol. The monoisotopic (exact) mass is 857 g/mol. The van der Waals surface area contributed by atoms with Crippen LogP contribution in [-0.2, 0) is 30.9 Å². The van der Waals surface area contributed by atoms with Crippen molar-refractivity contribution in [3.8, 4) is 11.5 Å². The Hall–Kier alpha value is -7.62. The van der Waals surface area contributed by atoms with Crippen LogP contribution < -0.4 is 36.9 Å². The predicted molar refractivity (Wildman–Crippen MR) is 229 cm³/mol. The highest BCUT2D eigenvalue weighted by Crippen LogP contribution is 2.36. The Labute approximate surface area is 356 Å². The lowest BCUT2D eigenvalue weighted by atomic mass is 10.1. The van der Waals surface area contributed by atoms with Crippen molar-refractivity contribution in [3.63, 3.8) is 0 Å². The third kappa shape index (κ3) is 12.5. The summed E-state index contributed by atoms with van der Waals surface area (Å²) >= 11 is 0. The molecule has 7 N–H and O–H groups in total. The van der Waals surface area contributed by atoms with Gasteiger partial charge in [0.2, 0.25) is 11.9 Å². The van der Waals surface area contributed by atoms with Crippen LogP contribution in [-0.4, -0.2) is 96.4 Å². The zero-order chi connectivity index (χ0) is 45.6. The second kappa shape index (κ2) is 21.6. The number of nitrogens with two attached hydrogens (primary N) is 2. The quantitative estimate of drug-likeness (QED) is 0.0338. The number of hydrogen-bond acceptors (Lipinski definition) is 15. The van der Waals surface area contributed by atoms with Gasteiger partial charge >= 0.3 is 6.09 Å². The van der Waals surface area contributed by atoms with E-state index in [2.05, 4.69) is 42.0 Å². The molecule has 0 saturated heterocycles. The number of aromatic nitrogens is 7. The van der Waals surface area contributed by atoms with Crippen molar-refractivity contribution in [3.05, 3.63) is 99.2 Å². The molecule has 0 saturated carbocycles. The van der Waals surface area contributed by atoms with E-state index in [1.807, 2.05) is 6.92 Å². The van der Waals surface area contributed by atoms with Crippen molar-refractivity contribution in [2.75, 3.05) is 37.9 Å². The second-order valence-electron chi connectivity index (χ2n) is 14.1. The number of ether oxygens (including phenoxy) is 3. The number of methoxy groups -OCH3 is 1. The molecule has 0 aliphatic carbocycles. The number of nitrogens with one attached hydrogen (secondary N) is 3. The standard InChI is InChI=1S/C39H46N12O9.CH5N/c1-7-49-30(16-24(2)46-49)36(54)45-37-44-28-17-25(23-52)18-32(58-6)34(28)48(37)13-9-8-12-41-33-29(51(56)57)19-26(35(40)53)20-31(33)59-15-11-10-14-50-43-22-27(47-50)21-42-38(55)60-39(3,4)5;1-2/h8-11,16-20,22-23,41H,7,12-15,21H2,1-6H3,(H2,40,53)(H,42,55)(H,44,45,54);2H2,1H3/b9-8+,11-10+;. The molecule has 0 aliphatic rings. The van der Waals surface area contributed by atoms with Gasteiger partial charge in [-0.25, -0.2) is 9.78 Å². The van der Waals surface area contributed by atoms with Gasteiger partial charge in [-0.1, -0.05) is 18.2 Å². The van der Waals surface area contributed by atoms with Crippen LogP contribution in [0.2, 0.25) is 0 Å². The van der Waals surface area contributed by atoms with E-state index in [0.29, 0.717) is 52.3 Å². The Balaban J connectivity index is 0.00000416. The van der Waals surface area contributed by atoms with Crippen LogP contribution in [0.3, 0.4) is 0 Å². The Morgan fingerprint density at radius 3 is 2.40 bits per heavy atom. The smallest absolute Gasteiger partial charge is 0.407 e. The van der Waals surface area contributed by atoms with E-state index in [1.54, 1.807) is 79.4 Å². The Morgan fingerprint density at radius 1 is 1.00 bits per heavy atom. The summed E-state index contributed by atoms with van der Waals surface area (Å²) in [4.78, 5) is 66.6. The number of amides is 3. The maximum atomic E-state index is 13.4.